The Hall–Kier alpha value is -8.69. The second-order valence-electron chi connectivity index (χ2n) is 38.7. The summed E-state index contributed by atoms with van der Waals surface area (Å²) < 4.78 is 14.7. The summed E-state index contributed by atoms with van der Waals surface area (Å²) in [7, 11) is 0. The zero-order valence-corrected chi connectivity index (χ0v) is 67.0. The highest BCUT2D eigenvalue weighted by atomic mass is 16.5. The second-order valence-corrected chi connectivity index (χ2v) is 38.7. The molecule has 0 aliphatic heterocycles. The monoisotopic (exact) mass is 1400 g/mol. The SMILES string of the molecule is CC(C)(C)c1cc2c(O)c(c1)Cc1cc(C(C)(C)C)cc(c1O)Cc1cc(C(C)(C)C)cc(c1OCc1cccc(COc3c4cc(C(C)(C)C)cc3Cc3cc(C(C)(C)C)cc(c3O)Cc3cc(C(C)(C)C)cc(c3O)Cc3cc(C(C)(C)C)cc(c3O)C4)n1)Cc1cc(C(C)(C)C)cc(c1O)C2. The first kappa shape index (κ1) is 76.4. The van der Waals surface area contributed by atoms with E-state index in [1.807, 2.05) is 18.2 Å². The fourth-order valence-electron chi connectivity index (χ4n) is 14.7. The maximum atomic E-state index is 12.8. The molecule has 8 aromatic carbocycles. The van der Waals surface area contributed by atoms with Crippen molar-refractivity contribution in [1.82, 2.24) is 4.98 Å². The van der Waals surface area contributed by atoms with Gasteiger partial charge in [-0.3, -0.25) is 4.98 Å². The summed E-state index contributed by atoms with van der Waals surface area (Å²) >= 11 is 0. The number of fused-ring (bicyclic) bond motifs is 16. The summed E-state index contributed by atoms with van der Waals surface area (Å²) in [6, 6.07) is 40.1. The van der Waals surface area contributed by atoms with Gasteiger partial charge in [0.15, 0.2) is 0 Å². The molecule has 1 heterocycles. The van der Waals surface area contributed by atoms with Crippen LogP contribution in [0.2, 0.25) is 0 Å². The summed E-state index contributed by atoms with van der Waals surface area (Å²) in [6.07, 6.45) is 2.42. The molecule has 2 aliphatic carbocycles. The first-order valence-electron chi connectivity index (χ1n) is 37.6. The van der Waals surface area contributed by atoms with Crippen LogP contribution in [-0.4, -0.2) is 35.6 Å². The van der Waals surface area contributed by atoms with Crippen molar-refractivity contribution < 1.29 is 40.1 Å². The van der Waals surface area contributed by atoms with Crippen molar-refractivity contribution in [2.24, 2.45) is 0 Å². The average Bonchev–Trinajstić information content (AvgIpc) is 0.763. The molecule has 0 saturated heterocycles. The molecule has 1 aromatic heterocycles. The highest BCUT2D eigenvalue weighted by molar-refractivity contribution is 5.62. The maximum Gasteiger partial charge on any atom is 0.130 e. The van der Waals surface area contributed by atoms with Crippen LogP contribution >= 0.6 is 0 Å². The third-order valence-corrected chi connectivity index (χ3v) is 21.7. The number of aromatic hydroxyl groups is 6. The van der Waals surface area contributed by atoms with E-state index >= 15 is 0 Å². The molecular formula is C95H117NO8. The summed E-state index contributed by atoms with van der Waals surface area (Å²) in [5.74, 6) is 2.35. The van der Waals surface area contributed by atoms with Crippen molar-refractivity contribution in [1.29, 1.82) is 0 Å². The maximum absolute atomic E-state index is 12.8. The van der Waals surface area contributed by atoms with E-state index in [-0.39, 0.29) is 117 Å². The van der Waals surface area contributed by atoms with E-state index in [2.05, 4.69) is 263 Å². The number of hydrogen-bond donors (Lipinski definition) is 6. The number of phenolic OH excluding ortho intramolecular Hbond substituents is 6. The van der Waals surface area contributed by atoms with Crippen molar-refractivity contribution in [3.05, 3.63) is 260 Å². The first-order valence-corrected chi connectivity index (χ1v) is 37.6. The van der Waals surface area contributed by atoms with Crippen molar-refractivity contribution in [3.8, 4) is 46.0 Å². The van der Waals surface area contributed by atoms with Crippen LogP contribution in [0, 0.1) is 0 Å². The van der Waals surface area contributed by atoms with Crippen LogP contribution in [-0.2, 0) is 108 Å². The molecule has 9 nitrogen and oxygen atoms in total. The number of hydrogen-bond acceptors (Lipinski definition) is 9. The minimum atomic E-state index is -0.307. The van der Waals surface area contributed by atoms with Crippen LogP contribution in [0.5, 0.6) is 46.0 Å². The summed E-state index contributed by atoms with van der Waals surface area (Å²) in [4.78, 5) is 5.33. The molecule has 9 aromatic rings. The molecule has 2 aliphatic rings. The number of nitrogens with zero attached hydrogens (tertiary/aromatic N) is 1. The van der Waals surface area contributed by atoms with Gasteiger partial charge in [0.25, 0.3) is 0 Å². The number of benzene rings is 8. The molecular weight excluding hydrogens is 1280 g/mol. The van der Waals surface area contributed by atoms with E-state index in [0.717, 1.165) is 111 Å². The van der Waals surface area contributed by atoms with E-state index < -0.39 is 0 Å². The highest BCUT2D eigenvalue weighted by Gasteiger charge is 2.33. The van der Waals surface area contributed by atoms with Gasteiger partial charge in [0.05, 0.1) is 11.4 Å². The van der Waals surface area contributed by atoms with Gasteiger partial charge in [-0.05, 0) is 189 Å². The zero-order valence-electron chi connectivity index (χ0n) is 67.0. The molecule has 550 valence electrons. The zero-order chi connectivity index (χ0) is 76.3. The number of phenols is 6. The predicted octanol–water partition coefficient (Wildman–Crippen LogP) is 22.2. The topological polar surface area (TPSA) is 153 Å². The number of aromatic nitrogens is 1. The van der Waals surface area contributed by atoms with Gasteiger partial charge < -0.3 is 40.1 Å². The van der Waals surface area contributed by atoms with Crippen LogP contribution in [0.1, 0.15) is 311 Å². The van der Waals surface area contributed by atoms with Crippen LogP contribution in [0.3, 0.4) is 0 Å². The molecule has 16 bridgehead atoms. The lowest BCUT2D eigenvalue weighted by Crippen LogP contribution is -2.16. The Morgan fingerprint density at radius 2 is 0.365 bits per heavy atom. The predicted molar refractivity (Wildman–Crippen MR) is 426 cm³/mol. The van der Waals surface area contributed by atoms with Crippen molar-refractivity contribution in [2.45, 2.75) is 274 Å². The van der Waals surface area contributed by atoms with Gasteiger partial charge in [-0.15, -0.1) is 0 Å². The quantitative estimate of drug-likeness (QED) is 0.0955. The van der Waals surface area contributed by atoms with Gasteiger partial charge >= 0.3 is 0 Å². The van der Waals surface area contributed by atoms with Gasteiger partial charge in [-0.25, -0.2) is 0 Å². The fourth-order valence-corrected chi connectivity index (χ4v) is 14.7. The molecule has 9 heteroatoms. The molecule has 0 atom stereocenters. The van der Waals surface area contributed by atoms with Crippen LogP contribution in [0.15, 0.2) is 115 Å². The summed E-state index contributed by atoms with van der Waals surface area (Å²) in [5.41, 5.74) is 19.8. The van der Waals surface area contributed by atoms with Crippen LogP contribution < -0.4 is 9.47 Å². The summed E-state index contributed by atoms with van der Waals surface area (Å²) in [6.45, 7) is 52.8. The van der Waals surface area contributed by atoms with Gasteiger partial charge in [0.1, 0.15) is 59.2 Å². The van der Waals surface area contributed by atoms with E-state index in [9.17, 15) is 30.6 Å². The molecule has 0 spiro atoms. The van der Waals surface area contributed by atoms with Crippen LogP contribution in [0.4, 0.5) is 0 Å². The Morgan fingerprint density at radius 3 is 0.510 bits per heavy atom. The van der Waals surface area contributed by atoms with E-state index in [0.29, 0.717) is 70.8 Å². The molecule has 104 heavy (non-hydrogen) atoms. The standard InChI is InChI=1S/C95H117NO8/c1-88(2,3)70-36-54-28-58-40-72(90(7,8)9)44-62(82(58)99)32-66-48-76(94(19,20)21)49-67(33-63-45-73(91(10,11)12)41-59(83(63)100)29-55(37-70)80(54)97)86(66)103-52-78-26-25-27-79(96-78)53-104-87-68-34-64-46-74(92(13,14)15)42-60(84(64)101)30-56-38-71(89(4,5)6)39-57(81(56)98)31-61-43-75(93(16,17)18)47-65(85(61)102)35-69(87)51-77(50-68)95(22,23)24/h25-27,36-51,97-102H,28-35,52-53H2,1-24H3. The Morgan fingerprint density at radius 1 is 0.231 bits per heavy atom. The van der Waals surface area contributed by atoms with Crippen molar-refractivity contribution in [2.75, 3.05) is 0 Å². The van der Waals surface area contributed by atoms with Gasteiger partial charge in [0, 0.05) is 51.4 Å². The van der Waals surface area contributed by atoms with Gasteiger partial charge in [-0.1, -0.05) is 269 Å². The lowest BCUT2D eigenvalue weighted by molar-refractivity contribution is 0.284. The van der Waals surface area contributed by atoms with Crippen molar-refractivity contribution in [3.63, 3.8) is 0 Å². The number of ether oxygens (including phenoxy) is 2. The fraction of sp³-hybridized carbons (Fsp3) is 0.442. The number of rotatable bonds is 6. The molecule has 11 rings (SSSR count). The Labute approximate surface area is 621 Å². The van der Waals surface area contributed by atoms with Gasteiger partial charge in [0.2, 0.25) is 0 Å². The lowest BCUT2D eigenvalue weighted by Gasteiger charge is -2.28. The highest BCUT2D eigenvalue weighted by Crippen LogP contribution is 2.48. The van der Waals surface area contributed by atoms with E-state index in [1.165, 1.54) is 0 Å². The molecule has 0 radical (unpaired) electrons. The van der Waals surface area contributed by atoms with E-state index in [1.54, 1.807) is 0 Å². The Bertz CT molecular complexity index is 4270. The average molecular weight is 1400 g/mol. The summed E-state index contributed by atoms with van der Waals surface area (Å²) in [5, 5.41) is 76.1. The third-order valence-electron chi connectivity index (χ3n) is 21.7. The third kappa shape index (κ3) is 16.5. The number of pyridine rings is 1. The Kier molecular flexibility index (Phi) is 20.1. The largest absolute Gasteiger partial charge is 0.507 e. The molecule has 0 saturated carbocycles. The van der Waals surface area contributed by atoms with E-state index in [4.69, 9.17) is 14.5 Å². The normalized spacial score (nSPS) is 14.2. The molecule has 6 N–H and O–H groups in total. The van der Waals surface area contributed by atoms with Crippen LogP contribution in [0.25, 0.3) is 0 Å². The van der Waals surface area contributed by atoms with Gasteiger partial charge in [-0.2, -0.15) is 0 Å². The second kappa shape index (κ2) is 27.3. The minimum absolute atomic E-state index is 0.0817. The lowest BCUT2D eigenvalue weighted by atomic mass is 9.79. The first-order chi connectivity index (χ1) is 48.0. The minimum Gasteiger partial charge on any atom is -0.507 e. The Balaban J connectivity index is 1.05. The smallest absolute Gasteiger partial charge is 0.130 e. The molecule has 0 amide bonds. The molecule has 0 fully saturated rings. The van der Waals surface area contributed by atoms with Crippen molar-refractivity contribution >= 4 is 0 Å². The molecule has 0 unspecified atom stereocenters.